The summed E-state index contributed by atoms with van der Waals surface area (Å²) in [6.45, 7) is 0. The first-order valence-electron chi connectivity index (χ1n) is 16.2. The maximum absolute atomic E-state index is 6.45. The molecule has 0 aliphatic rings. The van der Waals surface area contributed by atoms with Crippen molar-refractivity contribution >= 4 is 54.6 Å². The van der Waals surface area contributed by atoms with Crippen molar-refractivity contribution in [3.8, 4) is 39.5 Å². The molecule has 0 radical (unpaired) electrons. The Balaban J connectivity index is 1.25. The molecule has 0 aliphatic heterocycles. The summed E-state index contributed by atoms with van der Waals surface area (Å²) < 4.78 is 8.60. The normalized spacial score (nSPS) is 11.8. The fraction of sp³-hybridized carbons (Fsp3) is 0. The lowest BCUT2D eigenvalue weighted by Gasteiger charge is -2.14. The zero-order chi connectivity index (χ0) is 31.6. The second-order valence-corrected chi connectivity index (χ2v) is 12.2. The number of benzene rings is 7. The van der Waals surface area contributed by atoms with Crippen LogP contribution in [-0.4, -0.2) is 14.5 Å². The van der Waals surface area contributed by atoms with E-state index < -0.39 is 0 Å². The van der Waals surface area contributed by atoms with E-state index in [1.807, 2.05) is 18.2 Å². The molecule has 0 fully saturated rings. The van der Waals surface area contributed by atoms with E-state index >= 15 is 0 Å². The third kappa shape index (κ3) is 4.03. The van der Waals surface area contributed by atoms with Crippen LogP contribution in [0.5, 0.6) is 0 Å². The summed E-state index contributed by atoms with van der Waals surface area (Å²) in [5.74, 6) is 0.580. The quantitative estimate of drug-likeness (QED) is 0.198. The molecule has 0 saturated carbocycles. The number of nitrogens with zero attached hydrogens (tertiary/aromatic N) is 3. The highest BCUT2D eigenvalue weighted by Gasteiger charge is 2.21. The van der Waals surface area contributed by atoms with E-state index in [2.05, 4.69) is 150 Å². The summed E-state index contributed by atoms with van der Waals surface area (Å²) in [4.78, 5) is 10.5. The minimum absolute atomic E-state index is 0.569. The molecule has 224 valence electrons. The number of furan rings is 1. The Morgan fingerprint density at radius 2 is 1.02 bits per heavy atom. The molecular formula is C44H27N3O. The third-order valence-electron chi connectivity index (χ3n) is 9.44. The lowest BCUT2D eigenvalue weighted by molar-refractivity contribution is 0.651. The van der Waals surface area contributed by atoms with E-state index in [0.29, 0.717) is 11.7 Å². The molecule has 48 heavy (non-hydrogen) atoms. The van der Waals surface area contributed by atoms with Gasteiger partial charge in [0, 0.05) is 21.7 Å². The average molecular weight is 614 g/mol. The summed E-state index contributed by atoms with van der Waals surface area (Å²) in [5.41, 5.74) is 10.0. The Bertz CT molecular complexity index is 2790. The molecule has 10 rings (SSSR count). The molecule has 0 saturated heterocycles. The van der Waals surface area contributed by atoms with Gasteiger partial charge in [-0.25, -0.2) is 4.98 Å². The predicted octanol–water partition coefficient (Wildman–Crippen LogP) is 11.6. The van der Waals surface area contributed by atoms with E-state index in [-0.39, 0.29) is 0 Å². The van der Waals surface area contributed by atoms with E-state index in [0.717, 1.165) is 55.0 Å². The van der Waals surface area contributed by atoms with Crippen LogP contribution in [0.1, 0.15) is 0 Å². The zero-order valence-electron chi connectivity index (χ0n) is 25.8. The molecule has 0 N–H and O–H groups in total. The molecule has 3 aromatic heterocycles. The first kappa shape index (κ1) is 26.7. The van der Waals surface area contributed by atoms with Gasteiger partial charge < -0.3 is 4.42 Å². The van der Waals surface area contributed by atoms with Gasteiger partial charge >= 0.3 is 0 Å². The van der Waals surface area contributed by atoms with Gasteiger partial charge in [-0.05, 0) is 57.3 Å². The summed E-state index contributed by atoms with van der Waals surface area (Å²) in [7, 11) is 0. The first-order valence-corrected chi connectivity index (χ1v) is 16.2. The molecule has 0 aliphatic carbocycles. The highest BCUT2D eigenvalue weighted by Crippen LogP contribution is 2.41. The fourth-order valence-corrected chi connectivity index (χ4v) is 7.33. The van der Waals surface area contributed by atoms with Crippen LogP contribution in [0.25, 0.3) is 94.1 Å². The van der Waals surface area contributed by atoms with E-state index in [9.17, 15) is 0 Å². The van der Waals surface area contributed by atoms with Crippen LogP contribution in [0.4, 0.5) is 0 Å². The van der Waals surface area contributed by atoms with Gasteiger partial charge in [-0.1, -0.05) is 140 Å². The van der Waals surface area contributed by atoms with E-state index in [1.165, 1.54) is 27.5 Å². The molecule has 0 spiro atoms. The third-order valence-corrected chi connectivity index (χ3v) is 9.44. The number of rotatable bonds is 4. The molecular weight excluding hydrogens is 587 g/mol. The van der Waals surface area contributed by atoms with Gasteiger partial charge in [-0.3, -0.25) is 4.57 Å². The largest absolute Gasteiger partial charge is 0.437 e. The number of fused-ring (bicyclic) bond motifs is 7. The van der Waals surface area contributed by atoms with Gasteiger partial charge in [-0.15, -0.1) is 0 Å². The number of hydrogen-bond acceptors (Lipinski definition) is 3. The van der Waals surface area contributed by atoms with Crippen LogP contribution in [-0.2, 0) is 0 Å². The summed E-state index contributed by atoms with van der Waals surface area (Å²) in [6.07, 6.45) is 0. The molecule has 0 unspecified atom stereocenters. The van der Waals surface area contributed by atoms with Crippen LogP contribution in [0.3, 0.4) is 0 Å². The average Bonchev–Trinajstić information content (AvgIpc) is 3.70. The lowest BCUT2D eigenvalue weighted by Crippen LogP contribution is -2.02. The maximum atomic E-state index is 6.45. The van der Waals surface area contributed by atoms with Crippen molar-refractivity contribution in [2.75, 3.05) is 0 Å². The minimum Gasteiger partial charge on any atom is -0.437 e. The fourth-order valence-electron chi connectivity index (χ4n) is 7.33. The van der Waals surface area contributed by atoms with Crippen LogP contribution < -0.4 is 0 Å². The van der Waals surface area contributed by atoms with Crippen LogP contribution in [0.2, 0.25) is 0 Å². The van der Waals surface area contributed by atoms with Crippen molar-refractivity contribution in [1.29, 1.82) is 0 Å². The van der Waals surface area contributed by atoms with Crippen molar-refractivity contribution < 1.29 is 4.42 Å². The monoisotopic (exact) mass is 613 g/mol. The molecule has 0 amide bonds. The molecule has 4 heteroatoms. The summed E-state index contributed by atoms with van der Waals surface area (Å²) >= 11 is 0. The molecule has 10 aromatic rings. The lowest BCUT2D eigenvalue weighted by atomic mass is 9.90. The van der Waals surface area contributed by atoms with E-state index in [4.69, 9.17) is 14.4 Å². The van der Waals surface area contributed by atoms with Gasteiger partial charge in [0.25, 0.3) is 0 Å². The molecule has 3 heterocycles. The van der Waals surface area contributed by atoms with Crippen molar-refractivity contribution in [2.24, 2.45) is 0 Å². The number of hydrogen-bond donors (Lipinski definition) is 0. The smallest absolute Gasteiger partial charge is 0.238 e. The zero-order valence-corrected chi connectivity index (χ0v) is 25.8. The second-order valence-electron chi connectivity index (χ2n) is 12.2. The van der Waals surface area contributed by atoms with Gasteiger partial charge in [0.2, 0.25) is 11.7 Å². The van der Waals surface area contributed by atoms with Gasteiger partial charge in [0.05, 0.1) is 22.1 Å². The first-order chi connectivity index (χ1) is 23.8. The molecule has 0 bridgehead atoms. The topological polar surface area (TPSA) is 43.9 Å². The standard InChI is InChI=1S/C44H27N3O/c1-2-13-28(14-3-1)32-22-11-15-29-16-12-23-33(40(29)32)30-17-10-18-31(27-30)42-41-36-21-6-9-26-39(36)48-43(41)46-44(45-42)47-37-24-7-4-19-34(37)35-20-5-8-25-38(35)47/h1-27H. The molecule has 0 atom stereocenters. The second kappa shape index (κ2) is 10.5. The SMILES string of the molecule is c1ccc(-c2cccc3cccc(-c4cccc(-c5nc(-n6c7ccccc7c7ccccc76)nc6oc7ccccc7c56)c4)c23)cc1. The Labute approximate surface area is 276 Å². The van der Waals surface area contributed by atoms with Crippen LogP contribution in [0.15, 0.2) is 168 Å². The summed E-state index contributed by atoms with van der Waals surface area (Å²) in [5, 5.41) is 6.67. The van der Waals surface area contributed by atoms with Gasteiger partial charge in [-0.2, -0.15) is 4.98 Å². The van der Waals surface area contributed by atoms with Crippen molar-refractivity contribution in [2.45, 2.75) is 0 Å². The highest BCUT2D eigenvalue weighted by molar-refractivity contribution is 6.12. The Morgan fingerprint density at radius 3 is 1.77 bits per heavy atom. The van der Waals surface area contributed by atoms with Crippen molar-refractivity contribution in [1.82, 2.24) is 14.5 Å². The van der Waals surface area contributed by atoms with Crippen molar-refractivity contribution in [3.05, 3.63) is 164 Å². The molecule has 4 nitrogen and oxygen atoms in total. The van der Waals surface area contributed by atoms with Gasteiger partial charge in [0.1, 0.15) is 5.58 Å². The number of para-hydroxylation sites is 3. The number of aromatic nitrogens is 3. The minimum atomic E-state index is 0.569. The summed E-state index contributed by atoms with van der Waals surface area (Å²) in [6, 6.07) is 57.5. The molecule has 7 aromatic carbocycles. The maximum Gasteiger partial charge on any atom is 0.238 e. The Morgan fingerprint density at radius 1 is 0.438 bits per heavy atom. The van der Waals surface area contributed by atoms with Crippen LogP contribution >= 0.6 is 0 Å². The van der Waals surface area contributed by atoms with Gasteiger partial charge in [0.15, 0.2) is 0 Å². The van der Waals surface area contributed by atoms with Crippen LogP contribution in [0, 0.1) is 0 Å². The Hall–Kier alpha value is -6.52. The predicted molar refractivity (Wildman–Crippen MR) is 197 cm³/mol. The van der Waals surface area contributed by atoms with E-state index in [1.54, 1.807) is 0 Å². The van der Waals surface area contributed by atoms with Crippen molar-refractivity contribution in [3.63, 3.8) is 0 Å². The highest BCUT2D eigenvalue weighted by atomic mass is 16.3. The Kier molecular flexibility index (Phi) is 5.84.